The second-order valence-corrected chi connectivity index (χ2v) is 8.01. The number of ketones is 1. The van der Waals surface area contributed by atoms with E-state index in [1.54, 1.807) is 59.2 Å². The average molecular weight is 471 g/mol. The quantitative estimate of drug-likeness (QED) is 0.385. The van der Waals surface area contributed by atoms with E-state index in [0.29, 0.717) is 33.7 Å². The van der Waals surface area contributed by atoms with Crippen molar-refractivity contribution in [2.24, 2.45) is 0 Å². The molecular weight excluding hydrogens is 444 g/mol. The molecule has 35 heavy (non-hydrogen) atoms. The number of hydrogen-bond donors (Lipinski definition) is 1. The Morgan fingerprint density at radius 2 is 1.63 bits per heavy atom. The van der Waals surface area contributed by atoms with Crippen LogP contribution >= 0.6 is 0 Å². The number of benzene rings is 3. The zero-order chi connectivity index (χ0) is 24.9. The number of fused-ring (bicyclic) bond motifs is 1. The van der Waals surface area contributed by atoms with E-state index in [4.69, 9.17) is 9.47 Å². The Kier molecular flexibility index (Phi) is 6.96. The summed E-state index contributed by atoms with van der Waals surface area (Å²) < 4.78 is 12.2. The van der Waals surface area contributed by atoms with Crippen molar-refractivity contribution in [2.45, 2.75) is 19.9 Å². The van der Waals surface area contributed by atoms with Crippen LogP contribution in [0.3, 0.4) is 0 Å². The highest BCUT2D eigenvalue weighted by molar-refractivity contribution is 6.10. The van der Waals surface area contributed by atoms with Gasteiger partial charge in [-0.2, -0.15) is 0 Å². The first-order valence-corrected chi connectivity index (χ1v) is 11.2. The van der Waals surface area contributed by atoms with Gasteiger partial charge in [-0.3, -0.25) is 14.4 Å². The lowest BCUT2D eigenvalue weighted by Crippen LogP contribution is -2.24. The van der Waals surface area contributed by atoms with Crippen LogP contribution < -0.4 is 20.2 Å². The van der Waals surface area contributed by atoms with Crippen LogP contribution in [0.15, 0.2) is 77.7 Å². The summed E-state index contributed by atoms with van der Waals surface area (Å²) in [6.45, 7) is 1.94. The molecule has 7 nitrogen and oxygen atoms in total. The summed E-state index contributed by atoms with van der Waals surface area (Å²) in [6.07, 6.45) is 2.32. The van der Waals surface area contributed by atoms with Crippen molar-refractivity contribution >= 4 is 28.3 Å². The van der Waals surface area contributed by atoms with Gasteiger partial charge in [0.1, 0.15) is 6.54 Å². The third-order valence-electron chi connectivity index (χ3n) is 5.84. The van der Waals surface area contributed by atoms with Gasteiger partial charge in [-0.1, -0.05) is 43.3 Å². The van der Waals surface area contributed by atoms with Crippen LogP contribution in [0.25, 0.3) is 10.9 Å². The third kappa shape index (κ3) is 4.94. The SMILES string of the molecule is CCc1ccc(C(=O)c2cn(CC(=O)Nc3ccc(OC)c(OC)c3)c3ccccc3c2=O)cc1. The van der Waals surface area contributed by atoms with Gasteiger partial charge in [-0.05, 0) is 36.2 Å². The fourth-order valence-electron chi connectivity index (χ4n) is 3.95. The van der Waals surface area contributed by atoms with E-state index in [1.807, 2.05) is 19.1 Å². The number of aromatic nitrogens is 1. The molecule has 0 unspecified atom stereocenters. The van der Waals surface area contributed by atoms with Gasteiger partial charge in [0.2, 0.25) is 11.3 Å². The Labute approximate surface area is 202 Å². The van der Waals surface area contributed by atoms with Gasteiger partial charge in [-0.25, -0.2) is 0 Å². The van der Waals surface area contributed by atoms with Crippen molar-refractivity contribution in [1.29, 1.82) is 0 Å². The van der Waals surface area contributed by atoms with E-state index in [0.717, 1.165) is 12.0 Å². The number of amides is 1. The molecule has 0 radical (unpaired) electrons. The van der Waals surface area contributed by atoms with Crippen LogP contribution in [-0.2, 0) is 17.8 Å². The molecular formula is C28H26N2O5. The second kappa shape index (κ2) is 10.3. The van der Waals surface area contributed by atoms with E-state index >= 15 is 0 Å². The molecule has 0 bridgehead atoms. The van der Waals surface area contributed by atoms with Gasteiger partial charge < -0.3 is 19.4 Å². The zero-order valence-electron chi connectivity index (χ0n) is 19.8. The van der Waals surface area contributed by atoms with Gasteiger partial charge in [0.15, 0.2) is 17.3 Å². The number of pyridine rings is 1. The highest BCUT2D eigenvalue weighted by atomic mass is 16.5. The number of ether oxygens (including phenoxy) is 2. The van der Waals surface area contributed by atoms with Crippen LogP contribution in [0.4, 0.5) is 5.69 Å². The Bertz CT molecular complexity index is 1450. The summed E-state index contributed by atoms with van der Waals surface area (Å²) in [7, 11) is 3.05. The maximum atomic E-state index is 13.2. The molecule has 178 valence electrons. The standard InChI is InChI=1S/C28H26N2O5/c1-4-18-9-11-19(12-10-18)27(32)22-16-30(23-8-6-5-7-21(23)28(22)33)17-26(31)29-20-13-14-24(34-2)25(15-20)35-3/h5-16H,4,17H2,1-3H3,(H,29,31). The number of methoxy groups -OCH3 is 2. The molecule has 1 heterocycles. The predicted molar refractivity (Wildman–Crippen MR) is 136 cm³/mol. The molecule has 0 saturated carbocycles. The second-order valence-electron chi connectivity index (χ2n) is 8.01. The molecule has 0 aliphatic carbocycles. The first-order valence-electron chi connectivity index (χ1n) is 11.2. The molecule has 1 N–H and O–H groups in total. The monoisotopic (exact) mass is 470 g/mol. The number of para-hydroxylation sites is 1. The summed E-state index contributed by atoms with van der Waals surface area (Å²) in [5, 5.41) is 3.21. The number of hydrogen-bond acceptors (Lipinski definition) is 5. The van der Waals surface area contributed by atoms with Crippen molar-refractivity contribution in [1.82, 2.24) is 4.57 Å². The lowest BCUT2D eigenvalue weighted by Gasteiger charge is -2.14. The summed E-state index contributed by atoms with van der Waals surface area (Å²) in [6, 6.07) is 19.2. The van der Waals surface area contributed by atoms with E-state index < -0.39 is 0 Å². The van der Waals surface area contributed by atoms with Crippen molar-refractivity contribution in [3.05, 3.63) is 99.8 Å². The molecule has 0 aliphatic heterocycles. The van der Waals surface area contributed by atoms with Crippen molar-refractivity contribution in [3.8, 4) is 11.5 Å². The number of anilines is 1. The number of carbonyl (C=O) groups excluding carboxylic acids is 2. The van der Waals surface area contributed by atoms with E-state index in [2.05, 4.69) is 5.32 Å². The molecule has 0 spiro atoms. The Morgan fingerprint density at radius 3 is 2.31 bits per heavy atom. The highest BCUT2D eigenvalue weighted by Gasteiger charge is 2.18. The van der Waals surface area contributed by atoms with Gasteiger partial charge in [-0.15, -0.1) is 0 Å². The number of carbonyl (C=O) groups is 2. The maximum absolute atomic E-state index is 13.2. The smallest absolute Gasteiger partial charge is 0.244 e. The van der Waals surface area contributed by atoms with Gasteiger partial charge in [0.05, 0.1) is 25.3 Å². The minimum Gasteiger partial charge on any atom is -0.493 e. The van der Waals surface area contributed by atoms with Crippen molar-refractivity contribution in [2.75, 3.05) is 19.5 Å². The summed E-state index contributed by atoms with van der Waals surface area (Å²) in [5.41, 5.74) is 2.29. The topological polar surface area (TPSA) is 86.6 Å². The molecule has 3 aromatic carbocycles. The van der Waals surface area contributed by atoms with Gasteiger partial charge >= 0.3 is 0 Å². The first-order chi connectivity index (χ1) is 16.9. The molecule has 7 heteroatoms. The largest absolute Gasteiger partial charge is 0.493 e. The fourth-order valence-corrected chi connectivity index (χ4v) is 3.95. The molecule has 1 aromatic heterocycles. The predicted octanol–water partition coefficient (Wildman–Crippen LogP) is 4.45. The van der Waals surface area contributed by atoms with Gasteiger partial charge in [0, 0.05) is 28.9 Å². The van der Waals surface area contributed by atoms with Crippen LogP contribution in [0.5, 0.6) is 11.5 Å². The first kappa shape index (κ1) is 23.8. The number of aryl methyl sites for hydroxylation is 1. The molecule has 1 amide bonds. The molecule has 0 fully saturated rings. The molecule has 0 atom stereocenters. The molecule has 4 rings (SSSR count). The molecule has 4 aromatic rings. The molecule has 0 aliphatic rings. The Balaban J connectivity index is 1.68. The minimum atomic E-state index is -0.377. The summed E-state index contributed by atoms with van der Waals surface area (Å²) >= 11 is 0. The lowest BCUT2D eigenvalue weighted by molar-refractivity contribution is -0.116. The fraction of sp³-hybridized carbons (Fsp3) is 0.179. The normalized spacial score (nSPS) is 10.7. The zero-order valence-corrected chi connectivity index (χ0v) is 19.8. The Morgan fingerprint density at radius 1 is 0.914 bits per heavy atom. The summed E-state index contributed by atoms with van der Waals surface area (Å²) in [5.74, 6) is 0.335. The number of rotatable bonds is 8. The van der Waals surface area contributed by atoms with Gasteiger partial charge in [0.25, 0.3) is 0 Å². The van der Waals surface area contributed by atoms with Crippen LogP contribution in [0, 0.1) is 0 Å². The van der Waals surface area contributed by atoms with E-state index in [-0.39, 0.29) is 29.2 Å². The maximum Gasteiger partial charge on any atom is 0.244 e. The van der Waals surface area contributed by atoms with Crippen molar-refractivity contribution in [3.63, 3.8) is 0 Å². The number of nitrogens with zero attached hydrogens (tertiary/aromatic N) is 1. The highest BCUT2D eigenvalue weighted by Crippen LogP contribution is 2.29. The summed E-state index contributed by atoms with van der Waals surface area (Å²) in [4.78, 5) is 39.3. The van der Waals surface area contributed by atoms with Crippen LogP contribution in [0.2, 0.25) is 0 Å². The third-order valence-corrected chi connectivity index (χ3v) is 5.84. The lowest BCUT2D eigenvalue weighted by atomic mass is 10.0. The van der Waals surface area contributed by atoms with Crippen molar-refractivity contribution < 1.29 is 19.1 Å². The number of nitrogens with one attached hydrogen (secondary N) is 1. The average Bonchev–Trinajstić information content (AvgIpc) is 2.89. The minimum absolute atomic E-state index is 0.0202. The van der Waals surface area contributed by atoms with Crippen LogP contribution in [0.1, 0.15) is 28.4 Å². The van der Waals surface area contributed by atoms with E-state index in [1.165, 1.54) is 20.4 Å². The molecule has 0 saturated heterocycles. The van der Waals surface area contributed by atoms with Crippen LogP contribution in [-0.4, -0.2) is 30.5 Å². The Hall–Kier alpha value is -4.39. The van der Waals surface area contributed by atoms with E-state index in [9.17, 15) is 14.4 Å².